The van der Waals surface area contributed by atoms with Gasteiger partial charge in [-0.05, 0) is 76.2 Å². The Morgan fingerprint density at radius 1 is 0.702 bits per heavy atom. The minimum absolute atomic E-state index is 0.0432. The summed E-state index contributed by atoms with van der Waals surface area (Å²) in [6.07, 6.45) is 6.07. The minimum atomic E-state index is -0.279. The zero-order chi connectivity index (χ0) is 32.8. The molecular formula is C37H36N6O4. The summed E-state index contributed by atoms with van der Waals surface area (Å²) >= 11 is 0. The molecule has 0 N–H and O–H groups in total. The molecule has 2 aliphatic rings. The van der Waals surface area contributed by atoms with E-state index in [1.165, 1.54) is 9.80 Å². The van der Waals surface area contributed by atoms with Crippen molar-refractivity contribution in [1.29, 1.82) is 0 Å². The SMILES string of the molecule is CC(CN1C(=O)c2cccc3cccc(c23)C1=O)N(C)CCCN(C)CCN1C(=O)c2cccc3c(-n4ccnc4)ccc(c23)C1=O. The monoisotopic (exact) mass is 628 g/mol. The molecule has 4 amide bonds. The number of hydrogen-bond acceptors (Lipinski definition) is 7. The molecule has 0 saturated heterocycles. The first-order valence-corrected chi connectivity index (χ1v) is 15.9. The standard InChI is InChI=1S/C37H36N6O4/c1-24(22-43-36(46)27-11-4-8-25-9-5-12-28(32(25)27)37(43)47)40(3)18-7-17-39(2)20-21-42-34(44)29-13-6-10-26-31(41-19-16-38-23-41)15-14-30(33(26)29)35(42)45/h4-6,8-16,19,23-24H,7,17-18,20-22H2,1-3H3. The van der Waals surface area contributed by atoms with Crippen LogP contribution in [0, 0.1) is 0 Å². The second kappa shape index (κ2) is 12.2. The van der Waals surface area contributed by atoms with Gasteiger partial charge in [-0.1, -0.05) is 36.4 Å². The van der Waals surface area contributed by atoms with Gasteiger partial charge in [-0.2, -0.15) is 0 Å². The molecule has 1 unspecified atom stereocenters. The lowest BCUT2D eigenvalue weighted by Gasteiger charge is -2.33. The maximum absolute atomic E-state index is 13.5. The fourth-order valence-corrected chi connectivity index (χ4v) is 6.80. The van der Waals surface area contributed by atoms with E-state index >= 15 is 0 Å². The summed E-state index contributed by atoms with van der Waals surface area (Å²) in [4.78, 5) is 64.9. The Kier molecular flexibility index (Phi) is 7.91. The zero-order valence-corrected chi connectivity index (χ0v) is 26.7. The first-order chi connectivity index (χ1) is 22.7. The van der Waals surface area contributed by atoms with E-state index in [4.69, 9.17) is 0 Å². The normalized spacial score (nSPS) is 15.2. The van der Waals surface area contributed by atoms with Gasteiger partial charge in [0.05, 0.1) is 12.0 Å². The van der Waals surface area contributed by atoms with Crippen molar-refractivity contribution >= 4 is 45.2 Å². The Morgan fingerprint density at radius 2 is 1.32 bits per heavy atom. The topological polar surface area (TPSA) is 99.1 Å². The second-order valence-electron chi connectivity index (χ2n) is 12.5. The van der Waals surface area contributed by atoms with Crippen molar-refractivity contribution in [3.63, 3.8) is 0 Å². The third-order valence-corrected chi connectivity index (χ3v) is 9.56. The Balaban J connectivity index is 0.935. The van der Waals surface area contributed by atoms with Crippen molar-refractivity contribution in [3.8, 4) is 5.69 Å². The number of hydrogen-bond donors (Lipinski definition) is 0. The van der Waals surface area contributed by atoms with Crippen LogP contribution in [-0.2, 0) is 0 Å². The Bertz CT molecular complexity index is 1980. The summed E-state index contributed by atoms with van der Waals surface area (Å²) in [5.74, 6) is -1.06. The number of benzene rings is 4. The number of imide groups is 2. The van der Waals surface area contributed by atoms with Gasteiger partial charge in [-0.15, -0.1) is 0 Å². The average Bonchev–Trinajstić information content (AvgIpc) is 3.62. The number of carbonyl (C=O) groups excluding carboxylic acids is 4. The summed E-state index contributed by atoms with van der Waals surface area (Å²) < 4.78 is 1.88. The number of nitrogens with zero attached hydrogens (tertiary/aromatic N) is 6. The molecule has 10 nitrogen and oxygen atoms in total. The van der Waals surface area contributed by atoms with Crippen LogP contribution >= 0.6 is 0 Å². The van der Waals surface area contributed by atoms with Crippen molar-refractivity contribution in [2.45, 2.75) is 19.4 Å². The predicted octanol–water partition coefficient (Wildman–Crippen LogP) is 4.71. The first kappa shape index (κ1) is 30.5. The molecule has 2 aliphatic heterocycles. The zero-order valence-electron chi connectivity index (χ0n) is 26.7. The van der Waals surface area contributed by atoms with Crippen molar-refractivity contribution in [3.05, 3.63) is 108 Å². The highest BCUT2D eigenvalue weighted by Gasteiger charge is 2.35. The smallest absolute Gasteiger partial charge is 0.261 e. The van der Waals surface area contributed by atoms with E-state index in [-0.39, 0.29) is 36.2 Å². The van der Waals surface area contributed by atoms with Crippen LogP contribution in [-0.4, -0.2) is 106 Å². The summed E-state index contributed by atoms with van der Waals surface area (Å²) in [5, 5.41) is 3.15. The third-order valence-electron chi connectivity index (χ3n) is 9.56. The van der Waals surface area contributed by atoms with Crippen LogP contribution in [0.5, 0.6) is 0 Å². The van der Waals surface area contributed by atoms with Crippen LogP contribution in [0.2, 0.25) is 0 Å². The average molecular weight is 629 g/mol. The lowest BCUT2D eigenvalue weighted by molar-refractivity contribution is 0.0562. The maximum Gasteiger partial charge on any atom is 0.261 e. The number of imidazole rings is 1. The molecule has 0 spiro atoms. The number of amides is 4. The molecule has 5 aromatic rings. The Labute approximate surface area is 272 Å². The van der Waals surface area contributed by atoms with Gasteiger partial charge in [-0.3, -0.25) is 29.0 Å². The minimum Gasteiger partial charge on any atom is -0.306 e. The second-order valence-corrected chi connectivity index (χ2v) is 12.5. The van der Waals surface area contributed by atoms with Crippen LogP contribution < -0.4 is 0 Å². The molecule has 7 rings (SSSR count). The van der Waals surface area contributed by atoms with Gasteiger partial charge >= 0.3 is 0 Å². The highest BCUT2D eigenvalue weighted by atomic mass is 16.2. The van der Waals surface area contributed by atoms with E-state index in [1.807, 2.05) is 74.2 Å². The van der Waals surface area contributed by atoms with E-state index in [2.05, 4.69) is 14.8 Å². The van der Waals surface area contributed by atoms with Gasteiger partial charge in [0.1, 0.15) is 0 Å². The van der Waals surface area contributed by atoms with Gasteiger partial charge in [0, 0.05) is 76.5 Å². The van der Waals surface area contributed by atoms with Gasteiger partial charge < -0.3 is 14.4 Å². The summed E-state index contributed by atoms with van der Waals surface area (Å²) in [6, 6.07) is 20.4. The van der Waals surface area contributed by atoms with Crippen LogP contribution in [0.4, 0.5) is 0 Å². The molecule has 1 atom stereocenters. The van der Waals surface area contributed by atoms with Crippen molar-refractivity contribution in [2.75, 3.05) is 46.8 Å². The molecule has 47 heavy (non-hydrogen) atoms. The Morgan fingerprint density at radius 3 is 1.98 bits per heavy atom. The molecule has 3 heterocycles. The number of rotatable bonds is 11. The molecule has 0 fully saturated rings. The lowest BCUT2D eigenvalue weighted by Crippen LogP contribution is -2.48. The van der Waals surface area contributed by atoms with Crippen LogP contribution in [0.25, 0.3) is 27.2 Å². The molecule has 0 saturated carbocycles. The van der Waals surface area contributed by atoms with E-state index in [9.17, 15) is 19.2 Å². The Hall–Kier alpha value is -5.19. The molecule has 0 aliphatic carbocycles. The van der Waals surface area contributed by atoms with Gasteiger partial charge in [0.25, 0.3) is 23.6 Å². The fraction of sp³-hybridized carbons (Fsp3) is 0.270. The van der Waals surface area contributed by atoms with Crippen molar-refractivity contribution in [2.24, 2.45) is 0 Å². The van der Waals surface area contributed by atoms with E-state index in [0.717, 1.165) is 41.4 Å². The van der Waals surface area contributed by atoms with Crippen molar-refractivity contribution in [1.82, 2.24) is 29.2 Å². The number of carbonyl (C=O) groups is 4. The van der Waals surface area contributed by atoms with Crippen LogP contribution in [0.1, 0.15) is 54.8 Å². The van der Waals surface area contributed by atoms with Gasteiger partial charge in [0.2, 0.25) is 0 Å². The molecule has 0 radical (unpaired) electrons. The van der Waals surface area contributed by atoms with Crippen molar-refractivity contribution < 1.29 is 19.2 Å². The molecular weight excluding hydrogens is 592 g/mol. The highest BCUT2D eigenvalue weighted by Crippen LogP contribution is 2.34. The summed E-state index contributed by atoms with van der Waals surface area (Å²) in [5.41, 5.74) is 3.07. The fourth-order valence-electron chi connectivity index (χ4n) is 6.80. The molecule has 0 bridgehead atoms. The number of likely N-dealkylation sites (N-methyl/N-ethyl adjacent to an activating group) is 2. The molecule has 10 heteroatoms. The largest absolute Gasteiger partial charge is 0.306 e. The van der Waals surface area contributed by atoms with E-state index < -0.39 is 0 Å². The van der Waals surface area contributed by atoms with Gasteiger partial charge in [0.15, 0.2) is 0 Å². The lowest BCUT2D eigenvalue weighted by atomic mass is 9.93. The van der Waals surface area contributed by atoms with Crippen LogP contribution in [0.15, 0.2) is 85.5 Å². The van der Waals surface area contributed by atoms with Gasteiger partial charge in [-0.25, -0.2) is 4.98 Å². The quantitative estimate of drug-likeness (QED) is 0.195. The molecule has 4 aromatic carbocycles. The summed E-state index contributed by atoms with van der Waals surface area (Å²) in [6.45, 7) is 4.65. The molecule has 238 valence electrons. The predicted molar refractivity (Wildman–Crippen MR) is 180 cm³/mol. The highest BCUT2D eigenvalue weighted by molar-refractivity contribution is 6.27. The van der Waals surface area contributed by atoms with E-state index in [1.54, 1.807) is 36.8 Å². The number of aromatic nitrogens is 2. The molecule has 1 aromatic heterocycles. The summed E-state index contributed by atoms with van der Waals surface area (Å²) in [7, 11) is 3.98. The maximum atomic E-state index is 13.5. The van der Waals surface area contributed by atoms with Crippen LogP contribution in [0.3, 0.4) is 0 Å². The van der Waals surface area contributed by atoms with E-state index in [0.29, 0.717) is 40.7 Å². The first-order valence-electron chi connectivity index (χ1n) is 15.9. The third kappa shape index (κ3) is 5.29.